The summed E-state index contributed by atoms with van der Waals surface area (Å²) in [5.41, 5.74) is 0.967. The molecule has 0 spiro atoms. The van der Waals surface area contributed by atoms with E-state index >= 15 is 0 Å². The Bertz CT molecular complexity index is 555. The van der Waals surface area contributed by atoms with Crippen molar-refractivity contribution in [3.8, 4) is 0 Å². The first kappa shape index (κ1) is 17.7. The van der Waals surface area contributed by atoms with E-state index in [9.17, 15) is 8.42 Å². The smallest absolute Gasteiger partial charge is 0.242 e. The van der Waals surface area contributed by atoms with E-state index in [0.29, 0.717) is 6.54 Å². The average molecular weight is 339 g/mol. The number of halogens is 2. The molecular weight excluding hydrogens is 319 g/mol. The normalized spacial score (nSPS) is 19.1. The minimum atomic E-state index is -3.55. The molecule has 1 aliphatic rings. The van der Waals surface area contributed by atoms with Gasteiger partial charge in [-0.15, -0.1) is 12.4 Å². The summed E-state index contributed by atoms with van der Waals surface area (Å²) in [5, 5.41) is 3.40. The first-order valence-corrected chi connectivity index (χ1v) is 8.29. The van der Waals surface area contributed by atoms with Gasteiger partial charge in [-0.1, -0.05) is 31.5 Å². The molecule has 2 N–H and O–H groups in total. The summed E-state index contributed by atoms with van der Waals surface area (Å²) in [6.07, 6.45) is 0.806. The molecule has 1 fully saturated rings. The zero-order valence-electron chi connectivity index (χ0n) is 11.5. The third-order valence-electron chi connectivity index (χ3n) is 3.29. The van der Waals surface area contributed by atoms with E-state index < -0.39 is 10.0 Å². The topological polar surface area (TPSA) is 58.2 Å². The number of benzene rings is 1. The zero-order chi connectivity index (χ0) is 14.0. The highest BCUT2D eigenvalue weighted by Crippen LogP contribution is 2.26. The molecule has 4 nitrogen and oxygen atoms in total. The van der Waals surface area contributed by atoms with Crippen LogP contribution in [0.25, 0.3) is 0 Å². The van der Waals surface area contributed by atoms with Crippen LogP contribution >= 0.6 is 24.0 Å². The number of hydrogen-bond acceptors (Lipinski definition) is 3. The van der Waals surface area contributed by atoms with Gasteiger partial charge in [-0.25, -0.2) is 13.1 Å². The van der Waals surface area contributed by atoms with Crippen LogP contribution in [0.3, 0.4) is 0 Å². The molecule has 0 aliphatic carbocycles. The van der Waals surface area contributed by atoms with Gasteiger partial charge in [0.25, 0.3) is 0 Å². The second-order valence-electron chi connectivity index (χ2n) is 5.16. The third-order valence-corrected chi connectivity index (χ3v) is 5.30. The molecule has 0 saturated carbocycles. The van der Waals surface area contributed by atoms with Crippen molar-refractivity contribution in [3.05, 3.63) is 28.8 Å². The van der Waals surface area contributed by atoms with Gasteiger partial charge in [0.05, 0.1) is 5.02 Å². The lowest BCUT2D eigenvalue weighted by Gasteiger charge is -2.15. The van der Waals surface area contributed by atoms with Crippen LogP contribution in [0.4, 0.5) is 0 Å². The first-order chi connectivity index (χ1) is 8.90. The Labute approximate surface area is 131 Å². The average Bonchev–Trinajstić information content (AvgIpc) is 2.81. The molecule has 20 heavy (non-hydrogen) atoms. The van der Waals surface area contributed by atoms with Crippen molar-refractivity contribution in [1.82, 2.24) is 10.0 Å². The van der Waals surface area contributed by atoms with E-state index in [4.69, 9.17) is 11.6 Å². The van der Waals surface area contributed by atoms with Crippen LogP contribution < -0.4 is 10.0 Å². The van der Waals surface area contributed by atoms with Crippen LogP contribution in [-0.4, -0.2) is 27.5 Å². The molecule has 1 aromatic carbocycles. The molecule has 0 bridgehead atoms. The van der Waals surface area contributed by atoms with Crippen LogP contribution in [0, 0.1) is 0 Å². The van der Waals surface area contributed by atoms with Gasteiger partial charge in [0, 0.05) is 12.6 Å². The molecule has 1 atom stereocenters. The Morgan fingerprint density at radius 1 is 1.40 bits per heavy atom. The predicted octanol–water partition coefficient (Wildman–Crippen LogP) is 2.53. The molecule has 1 unspecified atom stereocenters. The number of nitrogens with one attached hydrogen (secondary N) is 2. The highest BCUT2D eigenvalue weighted by Gasteiger charge is 2.25. The lowest BCUT2D eigenvalue weighted by atomic mass is 10.0. The molecule has 114 valence electrons. The van der Waals surface area contributed by atoms with Crippen molar-refractivity contribution in [2.24, 2.45) is 0 Å². The van der Waals surface area contributed by atoms with Crippen molar-refractivity contribution in [1.29, 1.82) is 0 Å². The second kappa shape index (κ2) is 7.09. The van der Waals surface area contributed by atoms with Gasteiger partial charge in [-0.2, -0.15) is 0 Å². The molecule has 2 rings (SSSR count). The van der Waals surface area contributed by atoms with Gasteiger partial charge < -0.3 is 5.32 Å². The predicted molar refractivity (Wildman–Crippen MR) is 84.4 cm³/mol. The fourth-order valence-corrected chi connectivity index (χ4v) is 3.93. The van der Waals surface area contributed by atoms with Gasteiger partial charge in [0.2, 0.25) is 10.0 Å². The Balaban J connectivity index is 0.00000200. The van der Waals surface area contributed by atoms with Crippen molar-refractivity contribution in [2.45, 2.75) is 37.1 Å². The number of hydrogen-bond donors (Lipinski definition) is 2. The third kappa shape index (κ3) is 4.09. The zero-order valence-corrected chi connectivity index (χ0v) is 13.9. The van der Waals surface area contributed by atoms with Gasteiger partial charge in [-0.3, -0.25) is 0 Å². The van der Waals surface area contributed by atoms with E-state index in [0.717, 1.165) is 18.5 Å². The first-order valence-electron chi connectivity index (χ1n) is 6.42. The van der Waals surface area contributed by atoms with E-state index in [-0.39, 0.29) is 34.3 Å². The van der Waals surface area contributed by atoms with Crippen molar-refractivity contribution in [2.75, 3.05) is 13.1 Å². The van der Waals surface area contributed by atoms with Crippen molar-refractivity contribution < 1.29 is 8.42 Å². The summed E-state index contributed by atoms with van der Waals surface area (Å²) in [4.78, 5) is 0.173. The van der Waals surface area contributed by atoms with E-state index in [1.54, 1.807) is 12.1 Å². The van der Waals surface area contributed by atoms with Gasteiger partial charge in [-0.05, 0) is 36.6 Å². The van der Waals surface area contributed by atoms with E-state index in [1.807, 2.05) is 19.9 Å². The van der Waals surface area contributed by atoms with Crippen LogP contribution in [0.2, 0.25) is 5.02 Å². The van der Waals surface area contributed by atoms with Gasteiger partial charge in [0.1, 0.15) is 4.90 Å². The van der Waals surface area contributed by atoms with E-state index in [2.05, 4.69) is 10.0 Å². The molecular formula is C13H20Cl2N2O2S. The molecule has 1 saturated heterocycles. The fourth-order valence-electron chi connectivity index (χ4n) is 2.12. The maximum Gasteiger partial charge on any atom is 0.242 e. The number of rotatable bonds is 4. The van der Waals surface area contributed by atoms with Crippen molar-refractivity contribution >= 4 is 34.0 Å². The molecule has 1 aliphatic heterocycles. The molecule has 7 heteroatoms. The molecule has 0 amide bonds. The second-order valence-corrected chi connectivity index (χ2v) is 7.25. The maximum absolute atomic E-state index is 12.4. The quantitative estimate of drug-likeness (QED) is 0.886. The summed E-state index contributed by atoms with van der Waals surface area (Å²) in [5.74, 6) is 0.263. The van der Waals surface area contributed by atoms with Crippen LogP contribution in [-0.2, 0) is 10.0 Å². The summed E-state index contributed by atoms with van der Waals surface area (Å²) >= 11 is 6.04. The monoisotopic (exact) mass is 338 g/mol. The molecule has 0 aromatic heterocycles. The van der Waals surface area contributed by atoms with E-state index in [1.165, 1.54) is 0 Å². The highest BCUT2D eigenvalue weighted by molar-refractivity contribution is 7.89. The maximum atomic E-state index is 12.4. The SMILES string of the molecule is CC(C)c1ccc(Cl)c(S(=O)(=O)NC2CCNC2)c1.Cl. The summed E-state index contributed by atoms with van der Waals surface area (Å²) < 4.78 is 27.4. The Kier molecular flexibility index (Phi) is 6.28. The van der Waals surface area contributed by atoms with Crippen LogP contribution in [0.15, 0.2) is 23.1 Å². The Morgan fingerprint density at radius 3 is 2.65 bits per heavy atom. The molecule has 0 radical (unpaired) electrons. The summed E-state index contributed by atoms with van der Waals surface area (Å²) in [6.45, 7) is 5.55. The van der Waals surface area contributed by atoms with Crippen molar-refractivity contribution in [3.63, 3.8) is 0 Å². The standard InChI is InChI=1S/C13H19ClN2O2S.ClH/c1-9(2)10-3-4-12(14)13(7-10)19(17,18)16-11-5-6-15-8-11;/h3-4,7,9,11,15-16H,5-6,8H2,1-2H3;1H. The van der Waals surface area contributed by atoms with Crippen LogP contribution in [0.1, 0.15) is 31.7 Å². The number of sulfonamides is 1. The fraction of sp³-hybridized carbons (Fsp3) is 0.538. The van der Waals surface area contributed by atoms with Crippen LogP contribution in [0.5, 0.6) is 0 Å². The lowest BCUT2D eigenvalue weighted by molar-refractivity contribution is 0.560. The Morgan fingerprint density at radius 2 is 2.10 bits per heavy atom. The van der Waals surface area contributed by atoms with Gasteiger partial charge in [0.15, 0.2) is 0 Å². The van der Waals surface area contributed by atoms with Gasteiger partial charge >= 0.3 is 0 Å². The Hall–Kier alpha value is -0.330. The highest BCUT2D eigenvalue weighted by atomic mass is 35.5. The molecule has 1 aromatic rings. The minimum absolute atomic E-state index is 0. The minimum Gasteiger partial charge on any atom is -0.315 e. The molecule has 1 heterocycles. The largest absolute Gasteiger partial charge is 0.315 e. The lowest BCUT2D eigenvalue weighted by Crippen LogP contribution is -2.36. The summed E-state index contributed by atoms with van der Waals surface area (Å²) in [7, 11) is -3.55. The summed E-state index contributed by atoms with van der Waals surface area (Å²) in [6, 6.07) is 5.13.